The van der Waals surface area contributed by atoms with Gasteiger partial charge in [-0.25, -0.2) is 9.59 Å². The number of benzene rings is 6. The SMILES string of the molecule is C=CCOC(=O)[C@H](CO[C@H]1O[C@H](CO)[C@H](O)[C@H](O[C@@H]2O[C@H](COCc3ccccc3)[C@H](OCc3ccccc3)[C@H](OCc3ccccc3)[C@H]2OCc2ccccc2)[C@H]1NC(C)=O)NC(=O)OCC1c2ccccc2-c2ccccc21. The van der Waals surface area contributed by atoms with Crippen molar-refractivity contribution >= 4 is 18.0 Å². The van der Waals surface area contributed by atoms with Crippen LogP contribution in [0.25, 0.3) is 11.1 Å². The fourth-order valence-electron chi connectivity index (χ4n) is 10.2. The van der Waals surface area contributed by atoms with Gasteiger partial charge in [-0.1, -0.05) is 183 Å². The first kappa shape index (κ1) is 57.6. The number of hydrogen-bond acceptors (Lipinski definition) is 15. The minimum Gasteiger partial charge on any atom is -0.460 e. The van der Waals surface area contributed by atoms with E-state index in [9.17, 15) is 24.6 Å². The summed E-state index contributed by atoms with van der Waals surface area (Å²) in [5, 5.41) is 28.3. The topological polar surface area (TPSA) is 208 Å². The van der Waals surface area contributed by atoms with Crippen LogP contribution in [0.1, 0.15) is 46.2 Å². The average Bonchev–Trinajstić information content (AvgIpc) is 3.84. The van der Waals surface area contributed by atoms with Crippen LogP contribution < -0.4 is 10.6 Å². The van der Waals surface area contributed by atoms with E-state index in [4.69, 9.17) is 47.4 Å². The summed E-state index contributed by atoms with van der Waals surface area (Å²) in [4.78, 5) is 40.6. The lowest BCUT2D eigenvalue weighted by atomic mass is 9.95. The number of aliphatic hydroxyl groups is 2. The van der Waals surface area contributed by atoms with E-state index in [0.717, 1.165) is 44.5 Å². The van der Waals surface area contributed by atoms with Crippen LogP contribution in [-0.4, -0.2) is 129 Å². The quantitative estimate of drug-likeness (QED) is 0.0310. The number of carbonyl (C=O) groups is 3. The minimum absolute atomic E-state index is 0.0126. The second kappa shape index (κ2) is 28.8. The highest BCUT2D eigenvalue weighted by Gasteiger charge is 2.54. The van der Waals surface area contributed by atoms with Crippen LogP contribution in [0.5, 0.6) is 0 Å². The Kier molecular flexibility index (Phi) is 20.8. The van der Waals surface area contributed by atoms with Crippen molar-refractivity contribution in [2.24, 2.45) is 0 Å². The Morgan fingerprint density at radius 1 is 0.588 bits per heavy atom. The van der Waals surface area contributed by atoms with Crippen LogP contribution in [0.4, 0.5) is 4.79 Å². The maximum Gasteiger partial charge on any atom is 0.407 e. The minimum atomic E-state index is -1.63. The Bertz CT molecular complexity index is 2860. The van der Waals surface area contributed by atoms with E-state index in [2.05, 4.69) is 17.2 Å². The number of esters is 1. The summed E-state index contributed by atoms with van der Waals surface area (Å²) < 4.78 is 64.5. The Balaban J connectivity index is 1.00. The summed E-state index contributed by atoms with van der Waals surface area (Å²) in [5.41, 5.74) is 7.58. The molecule has 2 heterocycles. The Labute approximate surface area is 465 Å². The smallest absolute Gasteiger partial charge is 0.407 e. The van der Waals surface area contributed by atoms with E-state index in [1.54, 1.807) is 0 Å². The van der Waals surface area contributed by atoms with E-state index >= 15 is 0 Å². The third kappa shape index (κ3) is 15.0. The predicted octanol–water partition coefficient (Wildman–Crippen LogP) is 7.31. The van der Waals surface area contributed by atoms with Crippen molar-refractivity contribution in [3.8, 4) is 11.1 Å². The van der Waals surface area contributed by atoms with Gasteiger partial charge in [0.15, 0.2) is 18.6 Å². The predicted molar refractivity (Wildman–Crippen MR) is 293 cm³/mol. The first-order valence-electron chi connectivity index (χ1n) is 26.8. The molecule has 17 heteroatoms. The van der Waals surface area contributed by atoms with Crippen molar-refractivity contribution in [2.45, 2.75) is 107 Å². The molecule has 0 saturated carbocycles. The summed E-state index contributed by atoms with van der Waals surface area (Å²) in [7, 11) is 0. The molecular formula is C63H68N2O15. The van der Waals surface area contributed by atoms with E-state index in [1.807, 2.05) is 170 Å². The maximum atomic E-state index is 13.7. The van der Waals surface area contributed by atoms with E-state index in [-0.39, 0.29) is 52.2 Å². The zero-order valence-corrected chi connectivity index (χ0v) is 44.4. The van der Waals surface area contributed by atoms with E-state index in [1.165, 1.54) is 13.0 Å². The van der Waals surface area contributed by atoms with Crippen molar-refractivity contribution in [2.75, 3.05) is 33.0 Å². The van der Waals surface area contributed by atoms with Crippen LogP contribution >= 0.6 is 0 Å². The molecule has 1 aliphatic carbocycles. The lowest BCUT2D eigenvalue weighted by molar-refractivity contribution is -0.359. The number of alkyl carbamates (subject to hydrolysis) is 1. The van der Waals surface area contributed by atoms with E-state index < -0.39 is 98.6 Å². The first-order chi connectivity index (χ1) is 39.2. The lowest BCUT2D eigenvalue weighted by Crippen LogP contribution is -2.68. The number of rotatable bonds is 26. The largest absolute Gasteiger partial charge is 0.460 e. The number of carbonyl (C=O) groups excluding carboxylic acids is 3. The van der Waals surface area contributed by atoms with Crippen LogP contribution in [0, 0.1) is 0 Å². The first-order valence-corrected chi connectivity index (χ1v) is 26.8. The van der Waals surface area contributed by atoms with Gasteiger partial charge >= 0.3 is 12.1 Å². The van der Waals surface area contributed by atoms with Crippen molar-refractivity contribution in [3.05, 3.63) is 216 Å². The fourth-order valence-corrected chi connectivity index (χ4v) is 10.2. The lowest BCUT2D eigenvalue weighted by Gasteiger charge is -2.49. The van der Waals surface area contributed by atoms with Gasteiger partial charge in [0, 0.05) is 12.8 Å². The summed E-state index contributed by atoms with van der Waals surface area (Å²) in [6, 6.07) is 51.4. The van der Waals surface area contributed by atoms with Gasteiger partial charge in [0.1, 0.15) is 62.0 Å². The second-order valence-corrected chi connectivity index (χ2v) is 19.6. The third-order valence-electron chi connectivity index (χ3n) is 14.0. The van der Waals surface area contributed by atoms with Crippen molar-refractivity contribution in [1.29, 1.82) is 0 Å². The monoisotopic (exact) mass is 1090 g/mol. The molecule has 9 rings (SSSR count). The molecular weight excluding hydrogens is 1020 g/mol. The third-order valence-corrected chi connectivity index (χ3v) is 14.0. The summed E-state index contributed by atoms with van der Waals surface area (Å²) in [5.74, 6) is -1.73. The molecule has 420 valence electrons. The zero-order chi connectivity index (χ0) is 55.6. The van der Waals surface area contributed by atoms with Gasteiger partial charge in [-0.05, 0) is 44.5 Å². The highest BCUT2D eigenvalue weighted by molar-refractivity contribution is 5.82. The number of amides is 2. The van der Waals surface area contributed by atoms with E-state index in [0.29, 0.717) is 0 Å². The van der Waals surface area contributed by atoms with Crippen LogP contribution in [0.3, 0.4) is 0 Å². The van der Waals surface area contributed by atoms with Gasteiger partial charge in [0.05, 0.1) is 46.2 Å². The van der Waals surface area contributed by atoms with Crippen molar-refractivity contribution in [3.63, 3.8) is 0 Å². The molecule has 4 N–H and O–H groups in total. The van der Waals surface area contributed by atoms with Crippen molar-refractivity contribution in [1.82, 2.24) is 10.6 Å². The fraction of sp³-hybridized carbons (Fsp3) is 0.349. The molecule has 80 heavy (non-hydrogen) atoms. The molecule has 3 aliphatic rings. The summed E-state index contributed by atoms with van der Waals surface area (Å²) in [6.45, 7) is 3.93. The maximum absolute atomic E-state index is 13.7. The van der Waals surface area contributed by atoms with Gasteiger partial charge in [-0.15, -0.1) is 0 Å². The molecule has 2 amide bonds. The van der Waals surface area contributed by atoms with Gasteiger partial charge in [-0.2, -0.15) is 0 Å². The highest BCUT2D eigenvalue weighted by Crippen LogP contribution is 2.44. The van der Waals surface area contributed by atoms with Gasteiger partial charge < -0.3 is 68.2 Å². The number of hydrogen-bond donors (Lipinski definition) is 4. The molecule has 2 fully saturated rings. The molecule has 0 aromatic heterocycles. The standard InChI is InChI=1S/C63H68N2O15/c1-3-32-72-60(69)51(65-63(70)77-38-50-48-30-18-16-28-46(48)47-29-17-19-31-49(47)50)39-76-61-54(64-41(2)67)57(55(68)52(33-66)78-61)80-62-59(75-37-45-26-14-7-15-27-45)58(74-36-44-24-12-6-13-25-44)56(73-35-43-22-10-5-11-23-43)53(79-62)40-71-34-42-20-8-4-9-21-42/h3-31,50-59,61-62,66,68H,1,32-40H2,2H3,(H,64,67)(H,65,70)/t51-,52+,53+,54+,55-,56-,57+,58-,59+,61-,62-/m0/s1. The van der Waals surface area contributed by atoms with Gasteiger partial charge in [-0.3, -0.25) is 4.79 Å². The summed E-state index contributed by atoms with van der Waals surface area (Å²) >= 11 is 0. The summed E-state index contributed by atoms with van der Waals surface area (Å²) in [6.07, 6.45) is -10.7. The number of aliphatic hydroxyl groups excluding tert-OH is 2. The number of ether oxygens (including phenoxy) is 10. The van der Waals surface area contributed by atoms with Gasteiger partial charge in [0.2, 0.25) is 5.91 Å². The molecule has 11 atom stereocenters. The molecule has 0 unspecified atom stereocenters. The number of fused-ring (bicyclic) bond motifs is 3. The Morgan fingerprint density at radius 3 is 1.62 bits per heavy atom. The van der Waals surface area contributed by atoms with Crippen molar-refractivity contribution < 1.29 is 72.0 Å². The highest BCUT2D eigenvalue weighted by atomic mass is 16.7. The molecule has 0 spiro atoms. The van der Waals surface area contributed by atoms with Crippen LogP contribution in [0.2, 0.25) is 0 Å². The molecule has 0 radical (unpaired) electrons. The Hall–Kier alpha value is -7.13. The van der Waals surface area contributed by atoms with Gasteiger partial charge in [0.25, 0.3) is 0 Å². The average molecular weight is 1090 g/mol. The van der Waals surface area contributed by atoms with Crippen LogP contribution in [-0.2, 0) is 83.4 Å². The molecule has 2 aliphatic heterocycles. The molecule has 17 nitrogen and oxygen atoms in total. The molecule has 0 bridgehead atoms. The van der Waals surface area contributed by atoms with Crippen LogP contribution in [0.15, 0.2) is 183 Å². The second-order valence-electron chi connectivity index (χ2n) is 19.6. The molecule has 6 aromatic rings. The zero-order valence-electron chi connectivity index (χ0n) is 44.4. The number of nitrogens with one attached hydrogen (secondary N) is 2. The normalized spacial score (nSPS) is 23.7. The molecule has 2 saturated heterocycles. The Morgan fingerprint density at radius 2 is 1.09 bits per heavy atom. The molecule has 6 aromatic carbocycles.